The van der Waals surface area contributed by atoms with Crippen molar-refractivity contribution in [1.82, 2.24) is 0 Å². The number of hydrogen-bond donors (Lipinski definition) is 2. The van der Waals surface area contributed by atoms with Gasteiger partial charge in [0.25, 0.3) is 0 Å². The molecule has 0 unspecified atom stereocenters. The number of hydrogen-bond acceptors (Lipinski definition) is 2. The lowest BCUT2D eigenvalue weighted by molar-refractivity contribution is -0.146. The summed E-state index contributed by atoms with van der Waals surface area (Å²) in [6, 6.07) is 3.51. The molecule has 0 fully saturated rings. The summed E-state index contributed by atoms with van der Waals surface area (Å²) in [7, 11) is 0. The van der Waals surface area contributed by atoms with E-state index in [2.05, 4.69) is 0 Å². The first-order valence-electron chi connectivity index (χ1n) is 4.54. The van der Waals surface area contributed by atoms with Crippen molar-refractivity contribution in [3.8, 4) is 5.75 Å². The second kappa shape index (κ2) is 3.88. The second-order valence-corrected chi connectivity index (χ2v) is 4.14. The standard InChI is InChI=1S/C11H13FO3/c1-11(2,10(14)15)6-7-5-8(12)3-4-9(7)13/h3-5,13H,6H2,1-2H3,(H,14,15). The lowest BCUT2D eigenvalue weighted by Gasteiger charge is -2.19. The molecule has 1 rings (SSSR count). The highest BCUT2D eigenvalue weighted by Gasteiger charge is 2.28. The third-order valence-corrected chi connectivity index (χ3v) is 2.25. The van der Waals surface area contributed by atoms with Crippen molar-refractivity contribution in [2.75, 3.05) is 0 Å². The van der Waals surface area contributed by atoms with Gasteiger partial charge in [-0.25, -0.2) is 4.39 Å². The first-order chi connectivity index (χ1) is 6.83. The zero-order valence-electron chi connectivity index (χ0n) is 8.62. The summed E-state index contributed by atoms with van der Waals surface area (Å²) in [5, 5.41) is 18.3. The Balaban J connectivity index is 2.99. The van der Waals surface area contributed by atoms with Gasteiger partial charge in [-0.3, -0.25) is 4.79 Å². The lowest BCUT2D eigenvalue weighted by atomic mass is 9.85. The third-order valence-electron chi connectivity index (χ3n) is 2.25. The summed E-state index contributed by atoms with van der Waals surface area (Å²) in [5.41, 5.74) is -0.715. The maximum absolute atomic E-state index is 12.9. The van der Waals surface area contributed by atoms with Crippen molar-refractivity contribution in [2.45, 2.75) is 20.3 Å². The van der Waals surface area contributed by atoms with Crippen molar-refractivity contribution in [1.29, 1.82) is 0 Å². The minimum atomic E-state index is -1.02. The van der Waals surface area contributed by atoms with Crippen molar-refractivity contribution >= 4 is 5.97 Å². The Hall–Kier alpha value is -1.58. The van der Waals surface area contributed by atoms with E-state index < -0.39 is 17.2 Å². The average molecular weight is 212 g/mol. The molecule has 1 aromatic carbocycles. The van der Waals surface area contributed by atoms with Crippen molar-refractivity contribution in [2.24, 2.45) is 5.41 Å². The molecule has 0 saturated heterocycles. The number of aliphatic carboxylic acids is 1. The van der Waals surface area contributed by atoms with E-state index >= 15 is 0 Å². The smallest absolute Gasteiger partial charge is 0.309 e. The zero-order valence-corrected chi connectivity index (χ0v) is 8.62. The van der Waals surface area contributed by atoms with E-state index in [0.717, 1.165) is 12.1 Å². The fourth-order valence-corrected chi connectivity index (χ4v) is 1.25. The molecule has 0 heterocycles. The Morgan fingerprint density at radius 1 is 1.47 bits per heavy atom. The molecule has 0 aromatic heterocycles. The SMILES string of the molecule is CC(C)(Cc1cc(F)ccc1O)C(=O)O. The maximum atomic E-state index is 12.9. The van der Waals surface area contributed by atoms with Crippen LogP contribution < -0.4 is 0 Å². The summed E-state index contributed by atoms with van der Waals surface area (Å²) in [6.07, 6.45) is 0.0892. The summed E-state index contributed by atoms with van der Waals surface area (Å²) in [6.45, 7) is 3.05. The van der Waals surface area contributed by atoms with Crippen molar-refractivity contribution < 1.29 is 19.4 Å². The van der Waals surface area contributed by atoms with Gasteiger partial charge in [-0.05, 0) is 44.0 Å². The molecule has 3 nitrogen and oxygen atoms in total. The number of phenols is 1. The summed E-state index contributed by atoms with van der Waals surface area (Å²) in [4.78, 5) is 10.8. The number of benzene rings is 1. The minimum Gasteiger partial charge on any atom is -0.508 e. The molecule has 1 aromatic rings. The Bertz CT molecular complexity index is 385. The van der Waals surface area contributed by atoms with Gasteiger partial charge in [-0.15, -0.1) is 0 Å². The Kier molecular flexibility index (Phi) is 2.98. The van der Waals surface area contributed by atoms with Gasteiger partial charge in [0.2, 0.25) is 0 Å². The van der Waals surface area contributed by atoms with Crippen LogP contribution in [0.3, 0.4) is 0 Å². The number of carboxylic acid groups (broad SMARTS) is 1. The summed E-state index contributed by atoms with van der Waals surface area (Å²) < 4.78 is 12.9. The fourth-order valence-electron chi connectivity index (χ4n) is 1.25. The van der Waals surface area contributed by atoms with Crippen LogP contribution in [0.2, 0.25) is 0 Å². The van der Waals surface area contributed by atoms with Gasteiger partial charge in [0.1, 0.15) is 11.6 Å². The van der Waals surface area contributed by atoms with Gasteiger partial charge < -0.3 is 10.2 Å². The van der Waals surface area contributed by atoms with E-state index in [1.54, 1.807) is 0 Å². The molecule has 15 heavy (non-hydrogen) atoms. The molecule has 0 amide bonds. The Morgan fingerprint density at radius 2 is 2.07 bits per heavy atom. The van der Waals surface area contributed by atoms with Crippen LogP contribution in [0.15, 0.2) is 18.2 Å². The molecule has 82 valence electrons. The van der Waals surface area contributed by atoms with Gasteiger partial charge in [0.15, 0.2) is 0 Å². The quantitative estimate of drug-likeness (QED) is 0.807. The van der Waals surface area contributed by atoms with Gasteiger partial charge in [-0.1, -0.05) is 0 Å². The normalized spacial score (nSPS) is 11.4. The fraction of sp³-hybridized carbons (Fsp3) is 0.364. The predicted molar refractivity (Wildman–Crippen MR) is 53.2 cm³/mol. The van der Waals surface area contributed by atoms with Gasteiger partial charge in [0, 0.05) is 0 Å². The highest BCUT2D eigenvalue weighted by Crippen LogP contribution is 2.27. The van der Waals surface area contributed by atoms with E-state index in [1.165, 1.54) is 19.9 Å². The number of carboxylic acids is 1. The molecular formula is C11H13FO3. The first kappa shape index (κ1) is 11.5. The van der Waals surface area contributed by atoms with Crippen LogP contribution in [0.4, 0.5) is 4.39 Å². The van der Waals surface area contributed by atoms with Crippen LogP contribution in [0, 0.1) is 11.2 Å². The first-order valence-corrected chi connectivity index (χ1v) is 4.54. The van der Waals surface area contributed by atoms with Crippen LogP contribution in [-0.2, 0) is 11.2 Å². The Morgan fingerprint density at radius 3 is 2.60 bits per heavy atom. The van der Waals surface area contributed by atoms with Crippen LogP contribution in [0.1, 0.15) is 19.4 Å². The molecule has 0 aliphatic carbocycles. The summed E-state index contributed by atoms with van der Waals surface area (Å²) >= 11 is 0. The molecule has 0 saturated carbocycles. The van der Waals surface area contributed by atoms with Crippen molar-refractivity contribution in [3.63, 3.8) is 0 Å². The van der Waals surface area contributed by atoms with E-state index in [1.807, 2.05) is 0 Å². The van der Waals surface area contributed by atoms with E-state index in [9.17, 15) is 14.3 Å². The van der Waals surface area contributed by atoms with E-state index in [4.69, 9.17) is 5.11 Å². The van der Waals surface area contributed by atoms with Gasteiger partial charge in [-0.2, -0.15) is 0 Å². The molecule has 0 radical (unpaired) electrons. The largest absolute Gasteiger partial charge is 0.508 e. The highest BCUT2D eigenvalue weighted by molar-refractivity contribution is 5.74. The molecule has 0 aliphatic rings. The van der Waals surface area contributed by atoms with Gasteiger partial charge >= 0.3 is 5.97 Å². The van der Waals surface area contributed by atoms with Crippen LogP contribution >= 0.6 is 0 Å². The average Bonchev–Trinajstić information content (AvgIpc) is 2.10. The number of halogens is 1. The van der Waals surface area contributed by atoms with E-state index in [-0.39, 0.29) is 12.2 Å². The van der Waals surface area contributed by atoms with Crippen LogP contribution in [0.5, 0.6) is 5.75 Å². The van der Waals surface area contributed by atoms with E-state index in [0.29, 0.717) is 5.56 Å². The number of aromatic hydroxyl groups is 1. The number of carbonyl (C=O) groups is 1. The molecule has 0 atom stereocenters. The second-order valence-electron chi connectivity index (χ2n) is 4.14. The summed E-state index contributed by atoms with van der Waals surface area (Å²) in [5.74, 6) is -1.54. The molecule has 2 N–H and O–H groups in total. The Labute approximate surface area is 87.2 Å². The van der Waals surface area contributed by atoms with Crippen molar-refractivity contribution in [3.05, 3.63) is 29.6 Å². The maximum Gasteiger partial charge on any atom is 0.309 e. The van der Waals surface area contributed by atoms with Crippen LogP contribution in [-0.4, -0.2) is 16.2 Å². The number of phenolic OH excluding ortho intramolecular Hbond substituents is 1. The van der Waals surface area contributed by atoms with Gasteiger partial charge in [0.05, 0.1) is 5.41 Å². The monoisotopic (exact) mass is 212 g/mol. The molecular weight excluding hydrogens is 199 g/mol. The molecule has 4 heteroatoms. The predicted octanol–water partition coefficient (Wildman–Crippen LogP) is 2.18. The topological polar surface area (TPSA) is 57.5 Å². The van der Waals surface area contributed by atoms with Crippen LogP contribution in [0.25, 0.3) is 0 Å². The molecule has 0 bridgehead atoms. The lowest BCUT2D eigenvalue weighted by Crippen LogP contribution is -2.26. The minimum absolute atomic E-state index is 0.0780. The third kappa shape index (κ3) is 2.68. The molecule has 0 aliphatic heterocycles. The molecule has 0 spiro atoms. The highest BCUT2D eigenvalue weighted by atomic mass is 19.1. The zero-order chi connectivity index (χ0) is 11.6. The number of rotatable bonds is 3.